The Kier molecular flexibility index (Phi) is 3.00. The Hall–Kier alpha value is -4.11. The maximum Gasteiger partial charge on any atom is 0.147 e. The van der Waals surface area contributed by atoms with Crippen molar-refractivity contribution in [2.24, 2.45) is 0 Å². The third-order valence-electron chi connectivity index (χ3n) is 6.17. The van der Waals surface area contributed by atoms with E-state index in [4.69, 9.17) is 4.98 Å². The summed E-state index contributed by atoms with van der Waals surface area (Å²) in [6, 6.07) is 32.4. The Balaban J connectivity index is 1.86. The molecule has 0 aliphatic heterocycles. The Labute approximate surface area is 172 Å². The zero-order valence-corrected chi connectivity index (χ0v) is 16.2. The molecular formula is C27H17N3. The van der Waals surface area contributed by atoms with Crippen molar-refractivity contribution in [3.63, 3.8) is 0 Å². The molecule has 0 radical (unpaired) electrons. The van der Waals surface area contributed by atoms with Gasteiger partial charge in [0.1, 0.15) is 5.65 Å². The molecule has 140 valence electrons. The molecule has 0 aliphatic carbocycles. The third kappa shape index (κ3) is 1.91. The van der Waals surface area contributed by atoms with Crippen LogP contribution in [0.5, 0.6) is 0 Å². The molecule has 3 aromatic heterocycles. The number of para-hydroxylation sites is 3. The first kappa shape index (κ1) is 15.8. The standard InChI is InChI=1S/C27H17N3/c1-2-8-18(9-3-1)30-24-13-7-5-11-20(24)22-15-14-21-19-10-4-6-12-23(19)29-17-16-28-27(29)25(21)26(22)30/h1-17H. The van der Waals surface area contributed by atoms with E-state index in [-0.39, 0.29) is 0 Å². The summed E-state index contributed by atoms with van der Waals surface area (Å²) < 4.78 is 4.60. The number of hydrogen-bond acceptors (Lipinski definition) is 1. The van der Waals surface area contributed by atoms with Gasteiger partial charge >= 0.3 is 0 Å². The second kappa shape index (κ2) is 5.71. The highest BCUT2D eigenvalue weighted by Gasteiger charge is 2.18. The van der Waals surface area contributed by atoms with Crippen molar-refractivity contribution in [1.29, 1.82) is 0 Å². The summed E-state index contributed by atoms with van der Waals surface area (Å²) in [5, 5.41) is 6.18. The van der Waals surface area contributed by atoms with E-state index in [0.29, 0.717) is 0 Å². The summed E-state index contributed by atoms with van der Waals surface area (Å²) in [5.41, 5.74) is 5.76. The van der Waals surface area contributed by atoms with Gasteiger partial charge in [0, 0.05) is 34.2 Å². The Bertz CT molecular complexity index is 1740. The highest BCUT2D eigenvalue weighted by Crippen LogP contribution is 2.40. The molecule has 0 saturated heterocycles. The predicted octanol–water partition coefficient (Wildman–Crippen LogP) is 6.74. The normalized spacial score (nSPS) is 12.0. The number of imidazole rings is 1. The Morgan fingerprint density at radius 2 is 1.23 bits per heavy atom. The lowest BCUT2D eigenvalue weighted by Gasteiger charge is -2.13. The van der Waals surface area contributed by atoms with Crippen LogP contribution in [0.4, 0.5) is 0 Å². The zero-order valence-electron chi connectivity index (χ0n) is 16.2. The SMILES string of the molecule is c1ccc(-n2c3ccccc3c3ccc4c5ccccc5n5ccnc5c4c32)cc1. The van der Waals surface area contributed by atoms with Crippen molar-refractivity contribution < 1.29 is 0 Å². The van der Waals surface area contributed by atoms with Crippen molar-refractivity contribution in [1.82, 2.24) is 14.0 Å². The highest BCUT2D eigenvalue weighted by molar-refractivity contribution is 6.26. The molecule has 0 spiro atoms. The number of hydrogen-bond donors (Lipinski definition) is 0. The van der Waals surface area contributed by atoms with Crippen molar-refractivity contribution in [3.05, 3.63) is 103 Å². The molecule has 0 amide bonds. The van der Waals surface area contributed by atoms with Crippen LogP contribution in [0.25, 0.3) is 54.8 Å². The van der Waals surface area contributed by atoms with E-state index < -0.39 is 0 Å². The smallest absolute Gasteiger partial charge is 0.147 e. The molecule has 7 rings (SSSR count). The quantitative estimate of drug-likeness (QED) is 0.288. The van der Waals surface area contributed by atoms with Crippen LogP contribution in [0.15, 0.2) is 103 Å². The fourth-order valence-electron chi connectivity index (χ4n) is 4.95. The van der Waals surface area contributed by atoms with Crippen LogP contribution in [0.3, 0.4) is 0 Å². The Morgan fingerprint density at radius 3 is 2.07 bits per heavy atom. The van der Waals surface area contributed by atoms with E-state index in [1.807, 2.05) is 6.20 Å². The average molecular weight is 383 g/mol. The summed E-state index contributed by atoms with van der Waals surface area (Å²) in [4.78, 5) is 4.80. The number of rotatable bonds is 1. The minimum Gasteiger partial charge on any atom is -0.308 e. The molecule has 0 N–H and O–H groups in total. The van der Waals surface area contributed by atoms with E-state index in [1.165, 1.54) is 43.5 Å². The average Bonchev–Trinajstić information content (AvgIpc) is 3.43. The van der Waals surface area contributed by atoms with Crippen molar-refractivity contribution in [2.75, 3.05) is 0 Å². The molecule has 0 saturated carbocycles. The third-order valence-corrected chi connectivity index (χ3v) is 6.17. The Morgan fingerprint density at radius 1 is 0.567 bits per heavy atom. The summed E-state index contributed by atoms with van der Waals surface area (Å²) in [6.07, 6.45) is 3.96. The second-order valence-electron chi connectivity index (χ2n) is 7.71. The van der Waals surface area contributed by atoms with Crippen LogP contribution in [0.2, 0.25) is 0 Å². The van der Waals surface area contributed by atoms with Crippen LogP contribution in [-0.2, 0) is 0 Å². The van der Waals surface area contributed by atoms with E-state index in [1.54, 1.807) is 0 Å². The van der Waals surface area contributed by atoms with Gasteiger partial charge in [0.25, 0.3) is 0 Å². The summed E-state index contributed by atoms with van der Waals surface area (Å²) in [6.45, 7) is 0. The van der Waals surface area contributed by atoms with Crippen LogP contribution in [0.1, 0.15) is 0 Å². The van der Waals surface area contributed by atoms with E-state index in [9.17, 15) is 0 Å². The van der Waals surface area contributed by atoms with Crippen LogP contribution < -0.4 is 0 Å². The number of fused-ring (bicyclic) bond motifs is 10. The lowest BCUT2D eigenvalue weighted by atomic mass is 10.0. The predicted molar refractivity (Wildman–Crippen MR) is 125 cm³/mol. The van der Waals surface area contributed by atoms with E-state index in [0.717, 1.165) is 11.3 Å². The van der Waals surface area contributed by atoms with Gasteiger partial charge in [-0.25, -0.2) is 4.98 Å². The first-order chi connectivity index (χ1) is 14.9. The molecule has 0 aliphatic rings. The molecule has 3 heterocycles. The molecule has 0 fully saturated rings. The minimum atomic E-state index is 0.995. The number of pyridine rings is 1. The maximum absolute atomic E-state index is 4.80. The fraction of sp³-hybridized carbons (Fsp3) is 0. The zero-order chi connectivity index (χ0) is 19.7. The lowest BCUT2D eigenvalue weighted by molar-refractivity contribution is 1.18. The van der Waals surface area contributed by atoms with Gasteiger partial charge in [0.2, 0.25) is 0 Å². The highest BCUT2D eigenvalue weighted by atomic mass is 15.0. The van der Waals surface area contributed by atoms with Gasteiger partial charge in [-0.3, -0.25) is 4.40 Å². The van der Waals surface area contributed by atoms with Gasteiger partial charge in [-0.15, -0.1) is 0 Å². The van der Waals surface area contributed by atoms with Gasteiger partial charge in [0.05, 0.1) is 21.9 Å². The summed E-state index contributed by atoms with van der Waals surface area (Å²) >= 11 is 0. The number of aromatic nitrogens is 3. The minimum absolute atomic E-state index is 0.995. The molecule has 4 aromatic carbocycles. The first-order valence-corrected chi connectivity index (χ1v) is 10.2. The molecule has 3 nitrogen and oxygen atoms in total. The van der Waals surface area contributed by atoms with Crippen molar-refractivity contribution in [3.8, 4) is 5.69 Å². The van der Waals surface area contributed by atoms with Gasteiger partial charge in [0.15, 0.2) is 0 Å². The molecule has 7 aromatic rings. The number of benzene rings is 4. The molecular weight excluding hydrogens is 366 g/mol. The molecule has 30 heavy (non-hydrogen) atoms. The van der Waals surface area contributed by atoms with E-state index >= 15 is 0 Å². The first-order valence-electron chi connectivity index (χ1n) is 10.2. The summed E-state index contributed by atoms with van der Waals surface area (Å²) in [5.74, 6) is 0. The molecule has 0 unspecified atom stereocenters. The van der Waals surface area contributed by atoms with Gasteiger partial charge in [-0.2, -0.15) is 0 Å². The summed E-state index contributed by atoms with van der Waals surface area (Å²) in [7, 11) is 0. The molecule has 3 heteroatoms. The van der Waals surface area contributed by atoms with Gasteiger partial charge < -0.3 is 4.57 Å². The second-order valence-corrected chi connectivity index (χ2v) is 7.71. The molecule has 0 bridgehead atoms. The maximum atomic E-state index is 4.80. The van der Waals surface area contributed by atoms with Gasteiger partial charge in [-0.1, -0.05) is 66.7 Å². The topological polar surface area (TPSA) is 22.2 Å². The van der Waals surface area contributed by atoms with Crippen molar-refractivity contribution >= 4 is 49.1 Å². The van der Waals surface area contributed by atoms with Crippen molar-refractivity contribution in [2.45, 2.75) is 0 Å². The van der Waals surface area contributed by atoms with Crippen LogP contribution in [0, 0.1) is 0 Å². The van der Waals surface area contributed by atoms with Crippen LogP contribution >= 0.6 is 0 Å². The molecule has 0 atom stereocenters. The van der Waals surface area contributed by atoms with Crippen LogP contribution in [-0.4, -0.2) is 14.0 Å². The fourth-order valence-corrected chi connectivity index (χ4v) is 4.95. The largest absolute Gasteiger partial charge is 0.308 e. The number of nitrogens with zero attached hydrogens (tertiary/aromatic N) is 3. The monoisotopic (exact) mass is 383 g/mol. The van der Waals surface area contributed by atoms with Gasteiger partial charge in [-0.05, 0) is 29.7 Å². The lowest BCUT2D eigenvalue weighted by Crippen LogP contribution is -1.96. The van der Waals surface area contributed by atoms with E-state index in [2.05, 4.69) is 106 Å².